The SMILES string of the molecule is COc1ccc(CCNCCC(O)c2ccccc2O)cc1OC. The molecule has 0 spiro atoms. The molecule has 0 radical (unpaired) electrons. The number of phenols is 1. The van der Waals surface area contributed by atoms with E-state index in [9.17, 15) is 10.2 Å². The number of ether oxygens (including phenoxy) is 2. The molecule has 2 rings (SSSR count). The van der Waals surface area contributed by atoms with Crippen molar-refractivity contribution in [1.82, 2.24) is 5.32 Å². The third kappa shape index (κ3) is 4.88. The molecular formula is C19H25NO4. The van der Waals surface area contributed by atoms with Crippen LogP contribution in [0.1, 0.15) is 23.7 Å². The number of aromatic hydroxyl groups is 1. The summed E-state index contributed by atoms with van der Waals surface area (Å²) < 4.78 is 10.5. The second-order valence-electron chi connectivity index (χ2n) is 5.55. The van der Waals surface area contributed by atoms with Crippen LogP contribution >= 0.6 is 0 Å². The number of nitrogens with one attached hydrogen (secondary N) is 1. The van der Waals surface area contributed by atoms with E-state index < -0.39 is 6.10 Å². The van der Waals surface area contributed by atoms with Crippen LogP contribution in [0, 0.1) is 0 Å². The van der Waals surface area contributed by atoms with Gasteiger partial charge in [0, 0.05) is 5.56 Å². The van der Waals surface area contributed by atoms with Crippen LogP contribution in [0.4, 0.5) is 0 Å². The Balaban J connectivity index is 1.74. The first-order valence-electron chi connectivity index (χ1n) is 8.03. The van der Waals surface area contributed by atoms with Crippen LogP contribution in [0.5, 0.6) is 17.2 Å². The fraction of sp³-hybridized carbons (Fsp3) is 0.368. The second-order valence-corrected chi connectivity index (χ2v) is 5.55. The van der Waals surface area contributed by atoms with Gasteiger partial charge >= 0.3 is 0 Å². The first kappa shape index (κ1) is 18.1. The summed E-state index contributed by atoms with van der Waals surface area (Å²) in [6.07, 6.45) is 0.732. The zero-order valence-corrected chi connectivity index (χ0v) is 14.2. The maximum Gasteiger partial charge on any atom is 0.160 e. The van der Waals surface area contributed by atoms with Crippen LogP contribution < -0.4 is 14.8 Å². The highest BCUT2D eigenvalue weighted by Gasteiger charge is 2.11. The lowest BCUT2D eigenvalue weighted by Crippen LogP contribution is -2.20. The number of hydrogen-bond acceptors (Lipinski definition) is 5. The van der Waals surface area contributed by atoms with Crippen molar-refractivity contribution in [1.29, 1.82) is 0 Å². The van der Waals surface area contributed by atoms with E-state index in [0.717, 1.165) is 30.0 Å². The van der Waals surface area contributed by atoms with E-state index in [4.69, 9.17) is 9.47 Å². The van der Waals surface area contributed by atoms with Crippen LogP contribution in [-0.2, 0) is 6.42 Å². The Labute approximate surface area is 142 Å². The van der Waals surface area contributed by atoms with E-state index in [-0.39, 0.29) is 5.75 Å². The molecule has 0 aliphatic heterocycles. The van der Waals surface area contributed by atoms with Gasteiger partial charge in [-0.3, -0.25) is 0 Å². The maximum absolute atomic E-state index is 10.1. The number of rotatable bonds is 9. The van der Waals surface area contributed by atoms with Crippen molar-refractivity contribution >= 4 is 0 Å². The number of hydrogen-bond donors (Lipinski definition) is 3. The Morgan fingerprint density at radius 2 is 1.75 bits per heavy atom. The Morgan fingerprint density at radius 3 is 2.46 bits per heavy atom. The molecule has 0 aliphatic rings. The largest absolute Gasteiger partial charge is 0.508 e. The molecule has 0 bridgehead atoms. The number of phenolic OH excluding ortho intramolecular Hbond substituents is 1. The second kappa shape index (κ2) is 9.15. The predicted octanol–water partition coefficient (Wildman–Crippen LogP) is 2.67. The third-order valence-corrected chi connectivity index (χ3v) is 3.93. The van der Waals surface area contributed by atoms with Gasteiger partial charge in [0.2, 0.25) is 0 Å². The fourth-order valence-corrected chi connectivity index (χ4v) is 2.56. The van der Waals surface area contributed by atoms with Gasteiger partial charge in [-0.05, 0) is 49.7 Å². The van der Waals surface area contributed by atoms with Crippen LogP contribution in [0.25, 0.3) is 0 Å². The number of aliphatic hydroxyl groups is 1. The van der Waals surface area contributed by atoms with Crippen LogP contribution in [0.2, 0.25) is 0 Å². The molecule has 2 aromatic carbocycles. The zero-order chi connectivity index (χ0) is 17.4. The molecule has 130 valence electrons. The van der Waals surface area contributed by atoms with E-state index >= 15 is 0 Å². The average molecular weight is 331 g/mol. The molecule has 3 N–H and O–H groups in total. The Kier molecular flexibility index (Phi) is 6.90. The van der Waals surface area contributed by atoms with Crippen molar-refractivity contribution < 1.29 is 19.7 Å². The first-order chi connectivity index (χ1) is 11.7. The molecule has 2 aromatic rings. The lowest BCUT2D eigenvalue weighted by molar-refractivity contribution is 0.163. The van der Waals surface area contributed by atoms with Gasteiger partial charge < -0.3 is 25.0 Å². The van der Waals surface area contributed by atoms with Crippen molar-refractivity contribution in [3.63, 3.8) is 0 Å². The summed E-state index contributed by atoms with van der Waals surface area (Å²) in [4.78, 5) is 0. The van der Waals surface area contributed by atoms with Gasteiger partial charge in [0.1, 0.15) is 5.75 Å². The highest BCUT2D eigenvalue weighted by Crippen LogP contribution is 2.27. The van der Waals surface area contributed by atoms with Gasteiger partial charge in [0.05, 0.1) is 20.3 Å². The molecule has 24 heavy (non-hydrogen) atoms. The molecule has 0 saturated heterocycles. The Bertz CT molecular complexity index is 645. The van der Waals surface area contributed by atoms with Gasteiger partial charge in [0.25, 0.3) is 0 Å². The quantitative estimate of drug-likeness (QED) is 0.616. The minimum atomic E-state index is -0.667. The highest BCUT2D eigenvalue weighted by molar-refractivity contribution is 5.43. The van der Waals surface area contributed by atoms with E-state index in [1.807, 2.05) is 24.3 Å². The summed E-state index contributed by atoms with van der Waals surface area (Å²) in [5.74, 6) is 1.58. The molecule has 5 nitrogen and oxygen atoms in total. The van der Waals surface area contributed by atoms with Crippen molar-refractivity contribution in [2.24, 2.45) is 0 Å². The van der Waals surface area contributed by atoms with E-state index in [2.05, 4.69) is 5.32 Å². The Morgan fingerprint density at radius 1 is 1.00 bits per heavy atom. The molecule has 0 heterocycles. The van der Waals surface area contributed by atoms with Gasteiger partial charge in [-0.25, -0.2) is 0 Å². The van der Waals surface area contributed by atoms with Crippen LogP contribution in [-0.4, -0.2) is 37.5 Å². The minimum absolute atomic E-state index is 0.135. The number of methoxy groups -OCH3 is 2. The zero-order valence-electron chi connectivity index (χ0n) is 14.2. The average Bonchev–Trinajstić information content (AvgIpc) is 2.61. The molecule has 0 aromatic heterocycles. The van der Waals surface area contributed by atoms with E-state index in [1.165, 1.54) is 0 Å². The summed E-state index contributed by atoms with van der Waals surface area (Å²) in [7, 11) is 3.25. The molecular weight excluding hydrogens is 306 g/mol. The molecule has 1 unspecified atom stereocenters. The molecule has 0 fully saturated rings. The van der Waals surface area contributed by atoms with Crippen LogP contribution in [0.3, 0.4) is 0 Å². The summed E-state index contributed by atoms with van der Waals surface area (Å²) >= 11 is 0. The van der Waals surface area contributed by atoms with Crippen molar-refractivity contribution in [2.45, 2.75) is 18.9 Å². The van der Waals surface area contributed by atoms with Crippen molar-refractivity contribution in [3.8, 4) is 17.2 Å². The highest BCUT2D eigenvalue weighted by atomic mass is 16.5. The van der Waals surface area contributed by atoms with E-state index in [0.29, 0.717) is 18.5 Å². The Hall–Kier alpha value is -2.24. The normalized spacial score (nSPS) is 12.0. The van der Waals surface area contributed by atoms with Crippen molar-refractivity contribution in [3.05, 3.63) is 53.6 Å². The number of aliphatic hydroxyl groups excluding tert-OH is 1. The topological polar surface area (TPSA) is 71.0 Å². The molecule has 0 saturated carbocycles. The number of benzene rings is 2. The standard InChI is InChI=1S/C19H25NO4/c1-23-18-8-7-14(13-19(18)24-2)9-11-20-12-10-17(22)15-5-3-4-6-16(15)21/h3-8,13,17,20-22H,9-12H2,1-2H3. The molecule has 1 atom stereocenters. The summed E-state index contributed by atoms with van der Waals surface area (Å²) in [5, 5.41) is 23.1. The van der Waals surface area contributed by atoms with Gasteiger partial charge in [-0.15, -0.1) is 0 Å². The molecule has 0 amide bonds. The van der Waals surface area contributed by atoms with Crippen LogP contribution in [0.15, 0.2) is 42.5 Å². The van der Waals surface area contributed by atoms with E-state index in [1.54, 1.807) is 32.4 Å². The predicted molar refractivity (Wildman–Crippen MR) is 93.8 cm³/mol. The maximum atomic E-state index is 10.1. The van der Waals surface area contributed by atoms with Gasteiger partial charge in [-0.2, -0.15) is 0 Å². The lowest BCUT2D eigenvalue weighted by Gasteiger charge is -2.13. The summed E-state index contributed by atoms with van der Waals surface area (Å²) in [5.41, 5.74) is 1.72. The van der Waals surface area contributed by atoms with Crippen molar-refractivity contribution in [2.75, 3.05) is 27.3 Å². The molecule has 5 heteroatoms. The minimum Gasteiger partial charge on any atom is -0.508 e. The van der Waals surface area contributed by atoms with Gasteiger partial charge in [0.15, 0.2) is 11.5 Å². The monoisotopic (exact) mass is 331 g/mol. The smallest absolute Gasteiger partial charge is 0.160 e. The fourth-order valence-electron chi connectivity index (χ4n) is 2.56. The summed E-state index contributed by atoms with van der Waals surface area (Å²) in [6, 6.07) is 12.8. The third-order valence-electron chi connectivity index (χ3n) is 3.93. The molecule has 0 aliphatic carbocycles. The summed E-state index contributed by atoms with van der Waals surface area (Å²) in [6.45, 7) is 1.46. The lowest BCUT2D eigenvalue weighted by atomic mass is 10.1. The number of para-hydroxylation sites is 1. The first-order valence-corrected chi connectivity index (χ1v) is 8.03. The van der Waals surface area contributed by atoms with Gasteiger partial charge in [-0.1, -0.05) is 24.3 Å².